The van der Waals surface area contributed by atoms with E-state index in [2.05, 4.69) is 10.3 Å². The van der Waals surface area contributed by atoms with Gasteiger partial charge in [0, 0.05) is 24.4 Å². The second-order valence-corrected chi connectivity index (χ2v) is 5.85. The first-order valence-electron chi connectivity index (χ1n) is 8.07. The van der Waals surface area contributed by atoms with E-state index in [-0.39, 0.29) is 18.6 Å². The zero-order valence-electron chi connectivity index (χ0n) is 14.2. The molecule has 0 aromatic carbocycles. The van der Waals surface area contributed by atoms with Crippen LogP contribution in [0.3, 0.4) is 0 Å². The van der Waals surface area contributed by atoms with Gasteiger partial charge < -0.3 is 19.5 Å². The van der Waals surface area contributed by atoms with Crippen molar-refractivity contribution in [3.8, 4) is 5.88 Å². The van der Waals surface area contributed by atoms with Gasteiger partial charge in [-0.05, 0) is 44.7 Å². The van der Waals surface area contributed by atoms with Gasteiger partial charge in [-0.3, -0.25) is 4.79 Å². The molecule has 23 heavy (non-hydrogen) atoms. The number of nitrogens with zero attached hydrogens (tertiary/aromatic N) is 1. The Labute approximate surface area is 137 Å². The molecule has 1 aromatic rings. The Morgan fingerprint density at radius 2 is 2.26 bits per heavy atom. The standard InChI is InChI=1S/C17H26N2O4/c1-12-8-13(2)19-17(21-3)15(12)9-18-16(20)11-22-10-14-6-4-5-7-23-14/h8,14H,4-7,9-11H2,1-3H3,(H,18,20)/t14-/m0/s1. The van der Waals surface area contributed by atoms with Crippen LogP contribution in [0.5, 0.6) is 5.88 Å². The van der Waals surface area contributed by atoms with Gasteiger partial charge in [0.25, 0.3) is 0 Å². The van der Waals surface area contributed by atoms with Gasteiger partial charge in [0.2, 0.25) is 11.8 Å². The minimum Gasteiger partial charge on any atom is -0.481 e. The molecule has 0 spiro atoms. The summed E-state index contributed by atoms with van der Waals surface area (Å²) in [6.07, 6.45) is 3.41. The number of carbonyl (C=O) groups is 1. The summed E-state index contributed by atoms with van der Waals surface area (Å²) in [5, 5.41) is 2.85. The first-order valence-corrected chi connectivity index (χ1v) is 8.07. The van der Waals surface area contributed by atoms with Crippen molar-refractivity contribution < 1.29 is 19.0 Å². The molecule has 1 atom stereocenters. The highest BCUT2D eigenvalue weighted by molar-refractivity contribution is 5.77. The fraction of sp³-hybridized carbons (Fsp3) is 0.647. The number of aromatic nitrogens is 1. The van der Waals surface area contributed by atoms with E-state index in [9.17, 15) is 4.79 Å². The van der Waals surface area contributed by atoms with E-state index < -0.39 is 0 Å². The van der Waals surface area contributed by atoms with Gasteiger partial charge in [-0.1, -0.05) is 0 Å². The summed E-state index contributed by atoms with van der Waals surface area (Å²) in [5.41, 5.74) is 2.83. The number of hydrogen-bond donors (Lipinski definition) is 1. The summed E-state index contributed by atoms with van der Waals surface area (Å²) < 4.78 is 16.3. The van der Waals surface area contributed by atoms with E-state index in [0.29, 0.717) is 19.0 Å². The zero-order valence-corrected chi connectivity index (χ0v) is 14.2. The van der Waals surface area contributed by atoms with Gasteiger partial charge in [-0.15, -0.1) is 0 Å². The van der Waals surface area contributed by atoms with Gasteiger partial charge in [0.1, 0.15) is 6.61 Å². The van der Waals surface area contributed by atoms with Crippen LogP contribution in [-0.2, 0) is 20.8 Å². The van der Waals surface area contributed by atoms with Gasteiger partial charge in [0.15, 0.2) is 0 Å². The molecule has 0 radical (unpaired) electrons. The highest BCUT2D eigenvalue weighted by Crippen LogP contribution is 2.20. The third-order valence-corrected chi connectivity index (χ3v) is 3.90. The van der Waals surface area contributed by atoms with Crippen molar-refractivity contribution in [2.45, 2.75) is 45.8 Å². The fourth-order valence-corrected chi connectivity index (χ4v) is 2.67. The number of hydrogen-bond acceptors (Lipinski definition) is 5. The molecule has 128 valence electrons. The van der Waals surface area contributed by atoms with Gasteiger partial charge >= 0.3 is 0 Å². The summed E-state index contributed by atoms with van der Waals surface area (Å²) in [6, 6.07) is 1.97. The normalized spacial score (nSPS) is 17.8. The summed E-state index contributed by atoms with van der Waals surface area (Å²) >= 11 is 0. The molecule has 1 aliphatic rings. The smallest absolute Gasteiger partial charge is 0.246 e. The van der Waals surface area contributed by atoms with E-state index >= 15 is 0 Å². The van der Waals surface area contributed by atoms with Crippen molar-refractivity contribution in [3.05, 3.63) is 22.9 Å². The molecule has 2 rings (SSSR count). The van der Waals surface area contributed by atoms with E-state index in [1.54, 1.807) is 7.11 Å². The number of rotatable bonds is 7. The quantitative estimate of drug-likeness (QED) is 0.830. The Bertz CT molecular complexity index is 528. The second-order valence-electron chi connectivity index (χ2n) is 5.85. The van der Waals surface area contributed by atoms with Crippen LogP contribution in [-0.4, -0.2) is 43.9 Å². The maximum atomic E-state index is 11.9. The van der Waals surface area contributed by atoms with Crippen molar-refractivity contribution in [1.29, 1.82) is 0 Å². The molecule has 0 bridgehead atoms. The number of ether oxygens (including phenoxy) is 3. The molecule has 1 amide bonds. The van der Waals surface area contributed by atoms with E-state index in [1.807, 2.05) is 19.9 Å². The van der Waals surface area contributed by atoms with Crippen molar-refractivity contribution >= 4 is 5.91 Å². The summed E-state index contributed by atoms with van der Waals surface area (Å²) in [4.78, 5) is 16.2. The monoisotopic (exact) mass is 322 g/mol. The third kappa shape index (κ3) is 5.48. The Morgan fingerprint density at radius 3 is 2.96 bits per heavy atom. The predicted octanol–water partition coefficient (Wildman–Crippen LogP) is 1.91. The lowest BCUT2D eigenvalue weighted by Crippen LogP contribution is -2.31. The minimum atomic E-state index is -0.150. The molecule has 1 aliphatic heterocycles. The lowest BCUT2D eigenvalue weighted by molar-refractivity contribution is -0.128. The topological polar surface area (TPSA) is 69.7 Å². The van der Waals surface area contributed by atoms with Gasteiger partial charge in [-0.2, -0.15) is 0 Å². The van der Waals surface area contributed by atoms with E-state index in [4.69, 9.17) is 14.2 Å². The SMILES string of the molecule is COc1nc(C)cc(C)c1CNC(=O)COC[C@@H]1CCCCO1. The number of pyridine rings is 1. The van der Waals surface area contributed by atoms with Crippen molar-refractivity contribution in [1.82, 2.24) is 10.3 Å². The van der Waals surface area contributed by atoms with Crippen LogP contribution in [0.1, 0.15) is 36.1 Å². The molecule has 0 saturated carbocycles. The zero-order chi connectivity index (χ0) is 16.7. The Kier molecular flexibility index (Phi) is 6.80. The maximum Gasteiger partial charge on any atom is 0.246 e. The van der Waals surface area contributed by atoms with Crippen LogP contribution < -0.4 is 10.1 Å². The number of nitrogens with one attached hydrogen (secondary N) is 1. The lowest BCUT2D eigenvalue weighted by Gasteiger charge is -2.22. The molecule has 1 saturated heterocycles. The van der Waals surface area contributed by atoms with Crippen molar-refractivity contribution in [3.63, 3.8) is 0 Å². The molecule has 1 aromatic heterocycles. The van der Waals surface area contributed by atoms with Crippen LogP contribution >= 0.6 is 0 Å². The molecular formula is C17H26N2O4. The summed E-state index contributed by atoms with van der Waals surface area (Å²) in [7, 11) is 1.58. The van der Waals surface area contributed by atoms with Crippen LogP contribution in [0.15, 0.2) is 6.07 Å². The van der Waals surface area contributed by atoms with E-state index in [0.717, 1.165) is 36.3 Å². The predicted molar refractivity (Wildman–Crippen MR) is 86.5 cm³/mol. The van der Waals surface area contributed by atoms with Crippen LogP contribution in [0.4, 0.5) is 0 Å². The van der Waals surface area contributed by atoms with Gasteiger partial charge in [0.05, 0.1) is 19.8 Å². The third-order valence-electron chi connectivity index (χ3n) is 3.90. The van der Waals surface area contributed by atoms with Crippen LogP contribution in [0.2, 0.25) is 0 Å². The van der Waals surface area contributed by atoms with Crippen LogP contribution in [0.25, 0.3) is 0 Å². The molecule has 1 N–H and O–H groups in total. The molecular weight excluding hydrogens is 296 g/mol. The van der Waals surface area contributed by atoms with Crippen molar-refractivity contribution in [2.24, 2.45) is 0 Å². The molecule has 2 heterocycles. The van der Waals surface area contributed by atoms with Crippen molar-refractivity contribution in [2.75, 3.05) is 26.9 Å². The summed E-state index contributed by atoms with van der Waals surface area (Å²) in [5.74, 6) is 0.405. The number of carbonyl (C=O) groups excluding carboxylic acids is 1. The number of aryl methyl sites for hydroxylation is 2. The highest BCUT2D eigenvalue weighted by atomic mass is 16.5. The molecule has 6 nitrogen and oxygen atoms in total. The average molecular weight is 322 g/mol. The molecule has 1 fully saturated rings. The number of amides is 1. The lowest BCUT2D eigenvalue weighted by atomic mass is 10.1. The largest absolute Gasteiger partial charge is 0.481 e. The number of methoxy groups -OCH3 is 1. The summed E-state index contributed by atoms with van der Waals surface area (Å²) in [6.45, 7) is 5.58. The molecule has 0 unspecified atom stereocenters. The molecule has 6 heteroatoms. The maximum absolute atomic E-state index is 11.9. The average Bonchev–Trinajstić information content (AvgIpc) is 2.54. The van der Waals surface area contributed by atoms with E-state index in [1.165, 1.54) is 6.42 Å². The second kappa shape index (κ2) is 8.84. The first-order chi connectivity index (χ1) is 11.1. The van der Waals surface area contributed by atoms with Crippen LogP contribution in [0, 0.1) is 13.8 Å². The highest BCUT2D eigenvalue weighted by Gasteiger charge is 2.15. The van der Waals surface area contributed by atoms with Gasteiger partial charge in [-0.25, -0.2) is 4.98 Å². The Morgan fingerprint density at radius 1 is 1.43 bits per heavy atom. The Hall–Kier alpha value is -1.66. The fourth-order valence-electron chi connectivity index (χ4n) is 2.67. The minimum absolute atomic E-state index is 0.0422. The Balaban J connectivity index is 1.76. The molecule has 0 aliphatic carbocycles. The first kappa shape index (κ1) is 17.7.